The fraction of sp³-hybridized carbons (Fsp3) is 0.350. The highest BCUT2D eigenvalue weighted by Crippen LogP contribution is 2.21. The molecule has 1 aliphatic rings. The molecule has 1 fully saturated rings. The number of pyridine rings is 1. The molecule has 28 heavy (non-hydrogen) atoms. The predicted molar refractivity (Wildman–Crippen MR) is 107 cm³/mol. The Morgan fingerprint density at radius 1 is 1.25 bits per heavy atom. The first-order chi connectivity index (χ1) is 13.5. The highest BCUT2D eigenvalue weighted by Gasteiger charge is 2.24. The van der Waals surface area contributed by atoms with Crippen molar-refractivity contribution in [3.8, 4) is 0 Å². The maximum Gasteiger partial charge on any atom is 0.313 e. The molecule has 1 aromatic heterocycles. The Labute approximate surface area is 169 Å². The van der Waals surface area contributed by atoms with Crippen molar-refractivity contribution in [1.82, 2.24) is 15.2 Å². The summed E-state index contributed by atoms with van der Waals surface area (Å²) in [4.78, 5) is 30.9. The van der Waals surface area contributed by atoms with Crippen molar-refractivity contribution in [2.24, 2.45) is 0 Å². The van der Waals surface area contributed by atoms with E-state index in [0.29, 0.717) is 30.5 Å². The zero-order valence-electron chi connectivity index (χ0n) is 15.7. The van der Waals surface area contributed by atoms with Crippen LogP contribution < -0.4 is 10.6 Å². The number of amides is 2. The van der Waals surface area contributed by atoms with Crippen LogP contribution in [0.2, 0.25) is 5.02 Å². The quantitative estimate of drug-likeness (QED) is 0.749. The fourth-order valence-corrected chi connectivity index (χ4v) is 3.23. The van der Waals surface area contributed by atoms with Gasteiger partial charge in [-0.25, -0.2) is 0 Å². The van der Waals surface area contributed by atoms with Crippen molar-refractivity contribution in [3.63, 3.8) is 0 Å². The third kappa shape index (κ3) is 5.28. The molecular formula is C20H23ClN4O3. The van der Waals surface area contributed by atoms with Gasteiger partial charge in [-0.15, -0.1) is 0 Å². The number of hydrogen-bond acceptors (Lipinski definition) is 5. The molecule has 1 aliphatic heterocycles. The molecule has 0 bridgehead atoms. The largest absolute Gasteiger partial charge is 0.379 e. The second kappa shape index (κ2) is 9.64. The molecule has 1 aromatic carbocycles. The standard InChI is InChI=1S/C20H23ClN4O3/c1-14-4-5-16(11-17(14)21)24-20(27)19(26)23-13-18(15-3-2-6-22-12-15)25-7-9-28-10-8-25/h2-6,11-12,18H,7-10,13H2,1H3,(H,23,26)(H,24,27)/t18-/m0/s1. The lowest BCUT2D eigenvalue weighted by Gasteiger charge is -2.34. The average Bonchev–Trinajstić information content (AvgIpc) is 2.72. The molecule has 8 heteroatoms. The minimum absolute atomic E-state index is 0.0804. The molecule has 2 heterocycles. The minimum atomic E-state index is -0.730. The molecule has 0 saturated carbocycles. The smallest absolute Gasteiger partial charge is 0.313 e. The van der Waals surface area contributed by atoms with Crippen LogP contribution in [0.15, 0.2) is 42.7 Å². The zero-order chi connectivity index (χ0) is 19.9. The summed E-state index contributed by atoms with van der Waals surface area (Å²) in [5, 5.41) is 5.83. The van der Waals surface area contributed by atoms with Gasteiger partial charge in [0.25, 0.3) is 0 Å². The van der Waals surface area contributed by atoms with E-state index < -0.39 is 11.8 Å². The van der Waals surface area contributed by atoms with Gasteiger partial charge in [0.2, 0.25) is 0 Å². The third-order valence-corrected chi connectivity index (χ3v) is 5.05. The van der Waals surface area contributed by atoms with Gasteiger partial charge >= 0.3 is 11.8 Å². The minimum Gasteiger partial charge on any atom is -0.379 e. The number of anilines is 1. The van der Waals surface area contributed by atoms with Gasteiger partial charge in [0, 0.05) is 42.7 Å². The van der Waals surface area contributed by atoms with E-state index in [1.807, 2.05) is 19.1 Å². The molecule has 7 nitrogen and oxygen atoms in total. The summed E-state index contributed by atoms with van der Waals surface area (Å²) in [5.74, 6) is -1.43. The molecule has 0 spiro atoms. The molecule has 0 aliphatic carbocycles. The molecule has 2 N–H and O–H groups in total. The number of carbonyl (C=O) groups excluding carboxylic acids is 2. The number of aryl methyl sites for hydroxylation is 1. The van der Waals surface area contributed by atoms with Gasteiger partial charge < -0.3 is 15.4 Å². The van der Waals surface area contributed by atoms with Crippen LogP contribution in [0.25, 0.3) is 0 Å². The van der Waals surface area contributed by atoms with Crippen molar-refractivity contribution in [2.45, 2.75) is 13.0 Å². The number of rotatable bonds is 5. The van der Waals surface area contributed by atoms with Crippen LogP contribution in [0.3, 0.4) is 0 Å². The maximum absolute atomic E-state index is 12.3. The molecule has 148 valence electrons. The molecule has 0 radical (unpaired) electrons. The first-order valence-corrected chi connectivity index (χ1v) is 9.49. The Morgan fingerprint density at radius 2 is 2.04 bits per heavy atom. The van der Waals surface area contributed by atoms with E-state index in [-0.39, 0.29) is 6.04 Å². The number of morpholine rings is 1. The lowest BCUT2D eigenvalue weighted by molar-refractivity contribution is -0.136. The lowest BCUT2D eigenvalue weighted by Crippen LogP contribution is -2.45. The zero-order valence-corrected chi connectivity index (χ0v) is 16.4. The van der Waals surface area contributed by atoms with Gasteiger partial charge in [0.1, 0.15) is 0 Å². The monoisotopic (exact) mass is 402 g/mol. The van der Waals surface area contributed by atoms with E-state index >= 15 is 0 Å². The van der Waals surface area contributed by atoms with Crippen LogP contribution in [-0.2, 0) is 14.3 Å². The first kappa shape index (κ1) is 20.3. The summed E-state index contributed by atoms with van der Waals surface area (Å²) >= 11 is 6.06. The van der Waals surface area contributed by atoms with Crippen molar-refractivity contribution >= 4 is 29.1 Å². The number of ether oxygens (including phenoxy) is 1. The molecule has 2 aromatic rings. The third-order valence-electron chi connectivity index (χ3n) is 4.65. The summed E-state index contributed by atoms with van der Waals surface area (Å²) in [5.41, 5.74) is 2.36. The highest BCUT2D eigenvalue weighted by atomic mass is 35.5. The van der Waals surface area contributed by atoms with Crippen molar-refractivity contribution in [1.29, 1.82) is 0 Å². The number of aromatic nitrogens is 1. The van der Waals surface area contributed by atoms with Crippen LogP contribution in [0.4, 0.5) is 5.69 Å². The molecular weight excluding hydrogens is 380 g/mol. The predicted octanol–water partition coefficient (Wildman–Crippen LogP) is 2.17. The maximum atomic E-state index is 12.3. The van der Waals surface area contributed by atoms with E-state index in [9.17, 15) is 9.59 Å². The van der Waals surface area contributed by atoms with E-state index in [2.05, 4.69) is 20.5 Å². The van der Waals surface area contributed by atoms with Crippen LogP contribution in [-0.4, -0.2) is 54.5 Å². The van der Waals surface area contributed by atoms with Gasteiger partial charge in [-0.05, 0) is 36.2 Å². The fourth-order valence-electron chi connectivity index (χ4n) is 3.05. The molecule has 2 amide bonds. The van der Waals surface area contributed by atoms with Gasteiger partial charge in [-0.2, -0.15) is 0 Å². The number of nitrogens with one attached hydrogen (secondary N) is 2. The summed E-state index contributed by atoms with van der Waals surface area (Å²) in [6.45, 7) is 4.95. The van der Waals surface area contributed by atoms with Gasteiger partial charge in [-0.3, -0.25) is 19.5 Å². The average molecular weight is 403 g/mol. The first-order valence-electron chi connectivity index (χ1n) is 9.11. The molecule has 3 rings (SSSR count). The van der Waals surface area contributed by atoms with Crippen LogP contribution in [0.1, 0.15) is 17.2 Å². The highest BCUT2D eigenvalue weighted by molar-refractivity contribution is 6.39. The van der Waals surface area contributed by atoms with E-state index in [1.54, 1.807) is 30.6 Å². The van der Waals surface area contributed by atoms with Gasteiger partial charge in [0.15, 0.2) is 0 Å². The summed E-state index contributed by atoms with van der Waals surface area (Å²) in [6.07, 6.45) is 3.49. The van der Waals surface area contributed by atoms with Gasteiger partial charge in [-0.1, -0.05) is 23.7 Å². The number of carbonyl (C=O) groups is 2. The Hall–Kier alpha value is -2.48. The Balaban J connectivity index is 1.62. The summed E-state index contributed by atoms with van der Waals surface area (Å²) in [6, 6.07) is 8.86. The Morgan fingerprint density at radius 3 is 2.71 bits per heavy atom. The number of hydrogen-bond donors (Lipinski definition) is 2. The second-order valence-electron chi connectivity index (χ2n) is 6.58. The van der Waals surface area contributed by atoms with E-state index in [4.69, 9.17) is 16.3 Å². The van der Waals surface area contributed by atoms with Gasteiger partial charge in [0.05, 0.1) is 19.3 Å². The topological polar surface area (TPSA) is 83.6 Å². The van der Waals surface area contributed by atoms with Crippen LogP contribution >= 0.6 is 11.6 Å². The molecule has 1 atom stereocenters. The number of benzene rings is 1. The molecule has 0 unspecified atom stereocenters. The lowest BCUT2D eigenvalue weighted by atomic mass is 10.1. The Kier molecular flexibility index (Phi) is 6.97. The van der Waals surface area contributed by atoms with Crippen molar-refractivity contribution in [2.75, 3.05) is 38.2 Å². The SMILES string of the molecule is Cc1ccc(NC(=O)C(=O)NC[C@@H](c2cccnc2)N2CCOCC2)cc1Cl. The number of halogens is 1. The van der Waals surface area contributed by atoms with E-state index in [1.165, 1.54) is 0 Å². The second-order valence-corrected chi connectivity index (χ2v) is 6.99. The van der Waals surface area contributed by atoms with Crippen LogP contribution in [0.5, 0.6) is 0 Å². The van der Waals surface area contributed by atoms with Crippen molar-refractivity contribution < 1.29 is 14.3 Å². The van der Waals surface area contributed by atoms with Crippen molar-refractivity contribution in [3.05, 3.63) is 58.9 Å². The summed E-state index contributed by atoms with van der Waals surface area (Å²) in [7, 11) is 0. The summed E-state index contributed by atoms with van der Waals surface area (Å²) < 4.78 is 5.41. The van der Waals surface area contributed by atoms with E-state index in [0.717, 1.165) is 24.2 Å². The normalized spacial score (nSPS) is 15.6. The molecule has 1 saturated heterocycles. The van der Waals surface area contributed by atoms with Crippen LogP contribution in [0, 0.1) is 6.92 Å². The Bertz CT molecular complexity index is 825. The number of nitrogens with zero attached hydrogens (tertiary/aromatic N) is 2.